The lowest BCUT2D eigenvalue weighted by atomic mass is 9.97. The van der Waals surface area contributed by atoms with Gasteiger partial charge in [0.2, 0.25) is 10.0 Å². The second kappa shape index (κ2) is 11.1. The Labute approximate surface area is 222 Å². The number of nitrogens with one attached hydrogen (secondary N) is 2. The van der Waals surface area contributed by atoms with Gasteiger partial charge in [0.25, 0.3) is 10.0 Å². The van der Waals surface area contributed by atoms with E-state index in [1.165, 1.54) is 29.4 Å². The van der Waals surface area contributed by atoms with E-state index < -0.39 is 26.1 Å². The standard InChI is InChI=1S/C25H30N4O7S2/c1-28(2)23-9-8-19(15-22(23)24-7-4-14-36-24)27-38(34,35)21-6-3-5-20(16-21)37(32,33)26-17-18-10-12-29(13-11-18)25(30)31/h3-9,14-16,18,26-27H,10-13,17H2,1-2H3,(H,30,31). The van der Waals surface area contributed by atoms with Gasteiger partial charge in [-0.05, 0) is 67.3 Å². The Morgan fingerprint density at radius 2 is 1.68 bits per heavy atom. The van der Waals surface area contributed by atoms with Crippen molar-refractivity contribution in [1.29, 1.82) is 0 Å². The number of rotatable bonds is 9. The zero-order valence-electron chi connectivity index (χ0n) is 21.0. The monoisotopic (exact) mass is 562 g/mol. The zero-order valence-corrected chi connectivity index (χ0v) is 22.6. The van der Waals surface area contributed by atoms with Gasteiger partial charge in [-0.1, -0.05) is 6.07 Å². The highest BCUT2D eigenvalue weighted by Gasteiger charge is 2.25. The quantitative estimate of drug-likeness (QED) is 0.359. The minimum atomic E-state index is -4.11. The molecule has 1 saturated heterocycles. The third-order valence-electron chi connectivity index (χ3n) is 6.39. The first kappa shape index (κ1) is 27.5. The molecule has 38 heavy (non-hydrogen) atoms. The van der Waals surface area contributed by atoms with Crippen LogP contribution >= 0.6 is 0 Å². The highest BCUT2D eigenvalue weighted by atomic mass is 32.2. The van der Waals surface area contributed by atoms with Crippen LogP contribution < -0.4 is 14.3 Å². The van der Waals surface area contributed by atoms with E-state index in [0.717, 1.165) is 11.8 Å². The molecular weight excluding hydrogens is 532 g/mol. The van der Waals surface area contributed by atoms with Gasteiger partial charge < -0.3 is 19.3 Å². The van der Waals surface area contributed by atoms with Crippen molar-refractivity contribution in [3.8, 4) is 11.3 Å². The summed E-state index contributed by atoms with van der Waals surface area (Å²) < 4.78 is 62.7. The topological polar surface area (TPSA) is 149 Å². The molecule has 1 aliphatic heterocycles. The van der Waals surface area contributed by atoms with E-state index in [9.17, 15) is 21.6 Å². The van der Waals surface area contributed by atoms with Crippen LogP contribution in [0.3, 0.4) is 0 Å². The largest absolute Gasteiger partial charge is 0.465 e. The molecule has 0 saturated carbocycles. The van der Waals surface area contributed by atoms with Crippen LogP contribution in [-0.4, -0.2) is 66.7 Å². The number of benzene rings is 2. The van der Waals surface area contributed by atoms with Gasteiger partial charge in [-0.2, -0.15) is 0 Å². The molecule has 204 valence electrons. The SMILES string of the molecule is CN(C)c1ccc(NS(=O)(=O)c2cccc(S(=O)(=O)NCC3CCN(C(=O)O)CC3)c2)cc1-c1ccco1. The molecule has 0 spiro atoms. The first-order chi connectivity index (χ1) is 18.0. The Morgan fingerprint density at radius 3 is 2.29 bits per heavy atom. The number of nitrogens with zero attached hydrogens (tertiary/aromatic N) is 2. The molecule has 3 aromatic rings. The van der Waals surface area contributed by atoms with Crippen LogP contribution in [0.15, 0.2) is 75.1 Å². The van der Waals surface area contributed by atoms with Crippen LogP contribution in [0, 0.1) is 5.92 Å². The van der Waals surface area contributed by atoms with E-state index in [4.69, 9.17) is 9.52 Å². The molecule has 1 aromatic heterocycles. The summed E-state index contributed by atoms with van der Waals surface area (Å²) in [6.07, 6.45) is 1.63. The Hall–Kier alpha value is -3.55. The first-order valence-electron chi connectivity index (χ1n) is 11.9. The molecule has 2 aromatic carbocycles. The second-order valence-electron chi connectivity index (χ2n) is 9.25. The number of hydrogen-bond acceptors (Lipinski definition) is 7. The summed E-state index contributed by atoms with van der Waals surface area (Å²) in [5.41, 5.74) is 1.81. The van der Waals surface area contributed by atoms with Crippen molar-refractivity contribution >= 4 is 37.5 Å². The molecule has 1 fully saturated rings. The van der Waals surface area contributed by atoms with Crippen molar-refractivity contribution in [3.63, 3.8) is 0 Å². The lowest BCUT2D eigenvalue weighted by molar-refractivity contribution is 0.125. The number of furan rings is 1. The molecule has 13 heteroatoms. The number of carboxylic acid groups (broad SMARTS) is 1. The van der Waals surface area contributed by atoms with E-state index in [2.05, 4.69) is 9.44 Å². The number of likely N-dealkylation sites (tertiary alicyclic amines) is 1. The van der Waals surface area contributed by atoms with Crippen molar-refractivity contribution in [3.05, 3.63) is 60.9 Å². The number of piperidine rings is 1. The van der Waals surface area contributed by atoms with Gasteiger partial charge in [0.05, 0.1) is 16.1 Å². The minimum absolute atomic E-state index is 0.0116. The molecule has 0 radical (unpaired) electrons. The molecule has 0 aliphatic carbocycles. The van der Waals surface area contributed by atoms with Gasteiger partial charge in [-0.3, -0.25) is 4.72 Å². The maximum atomic E-state index is 13.2. The molecule has 0 unspecified atom stereocenters. The van der Waals surface area contributed by atoms with Gasteiger partial charge in [0, 0.05) is 50.7 Å². The molecular formula is C25H30N4O7S2. The maximum absolute atomic E-state index is 13.2. The predicted molar refractivity (Wildman–Crippen MR) is 143 cm³/mol. The molecule has 4 rings (SSSR count). The summed E-state index contributed by atoms with van der Waals surface area (Å²) >= 11 is 0. The minimum Gasteiger partial charge on any atom is -0.465 e. The van der Waals surface area contributed by atoms with E-state index in [0.29, 0.717) is 42.9 Å². The van der Waals surface area contributed by atoms with E-state index in [-0.39, 0.29) is 22.3 Å². The number of anilines is 2. The Morgan fingerprint density at radius 1 is 1.00 bits per heavy atom. The summed E-state index contributed by atoms with van der Waals surface area (Å²) in [6, 6.07) is 13.7. The Kier molecular flexibility index (Phi) is 7.99. The van der Waals surface area contributed by atoms with Crippen molar-refractivity contribution in [1.82, 2.24) is 9.62 Å². The number of amides is 1. The average molecular weight is 563 g/mol. The van der Waals surface area contributed by atoms with Gasteiger partial charge in [-0.15, -0.1) is 0 Å². The molecule has 0 atom stereocenters. The smallest absolute Gasteiger partial charge is 0.407 e. The fraction of sp³-hybridized carbons (Fsp3) is 0.320. The first-order valence-corrected chi connectivity index (χ1v) is 14.9. The number of hydrogen-bond donors (Lipinski definition) is 3. The highest BCUT2D eigenvalue weighted by molar-refractivity contribution is 7.93. The molecule has 11 nitrogen and oxygen atoms in total. The van der Waals surface area contributed by atoms with E-state index >= 15 is 0 Å². The van der Waals surface area contributed by atoms with Crippen LogP contribution in [0.1, 0.15) is 12.8 Å². The van der Waals surface area contributed by atoms with Crippen LogP contribution in [0.25, 0.3) is 11.3 Å². The second-order valence-corrected chi connectivity index (χ2v) is 12.7. The van der Waals surface area contributed by atoms with E-state index in [1.54, 1.807) is 30.3 Å². The fourth-order valence-electron chi connectivity index (χ4n) is 4.28. The summed E-state index contributed by atoms with van der Waals surface area (Å²) in [7, 11) is -4.37. The summed E-state index contributed by atoms with van der Waals surface area (Å²) in [6.45, 7) is 0.829. The van der Waals surface area contributed by atoms with Gasteiger partial charge >= 0.3 is 6.09 Å². The molecule has 1 amide bonds. The normalized spacial score (nSPS) is 14.8. The van der Waals surface area contributed by atoms with Crippen LogP contribution in [0.2, 0.25) is 0 Å². The average Bonchev–Trinajstić information content (AvgIpc) is 3.42. The highest BCUT2D eigenvalue weighted by Crippen LogP contribution is 2.33. The maximum Gasteiger partial charge on any atom is 0.407 e. The Balaban J connectivity index is 1.49. The zero-order chi connectivity index (χ0) is 27.5. The van der Waals surface area contributed by atoms with E-state index in [1.807, 2.05) is 19.0 Å². The van der Waals surface area contributed by atoms with Gasteiger partial charge in [0.15, 0.2) is 0 Å². The van der Waals surface area contributed by atoms with Crippen LogP contribution in [0.5, 0.6) is 0 Å². The van der Waals surface area contributed by atoms with Crippen molar-refractivity contribution in [2.45, 2.75) is 22.6 Å². The van der Waals surface area contributed by atoms with Crippen LogP contribution in [0.4, 0.5) is 16.2 Å². The number of sulfonamides is 2. The third kappa shape index (κ3) is 6.29. The van der Waals surface area contributed by atoms with Crippen LogP contribution in [-0.2, 0) is 20.0 Å². The molecule has 1 aliphatic rings. The lowest BCUT2D eigenvalue weighted by Crippen LogP contribution is -2.40. The molecule has 3 N–H and O–H groups in total. The fourth-order valence-corrected chi connectivity index (χ4v) is 6.61. The Bertz CT molecular complexity index is 1500. The molecule has 0 bridgehead atoms. The van der Waals surface area contributed by atoms with Gasteiger partial charge in [0.1, 0.15) is 5.76 Å². The predicted octanol–water partition coefficient (Wildman–Crippen LogP) is 3.48. The summed E-state index contributed by atoms with van der Waals surface area (Å²) in [5.74, 6) is 0.560. The van der Waals surface area contributed by atoms with Crippen molar-refractivity contribution < 1.29 is 31.2 Å². The van der Waals surface area contributed by atoms with Crippen molar-refractivity contribution in [2.24, 2.45) is 5.92 Å². The third-order valence-corrected chi connectivity index (χ3v) is 9.19. The van der Waals surface area contributed by atoms with Crippen molar-refractivity contribution in [2.75, 3.05) is 43.4 Å². The summed E-state index contributed by atoms with van der Waals surface area (Å²) in [4.78, 5) is 13.9. The number of carbonyl (C=O) groups is 1. The summed E-state index contributed by atoms with van der Waals surface area (Å²) in [5, 5.41) is 9.06. The lowest BCUT2D eigenvalue weighted by Gasteiger charge is -2.29. The van der Waals surface area contributed by atoms with Gasteiger partial charge in [-0.25, -0.2) is 26.4 Å². The molecule has 2 heterocycles.